The summed E-state index contributed by atoms with van der Waals surface area (Å²) in [5, 5.41) is 11.6. The van der Waals surface area contributed by atoms with Crippen molar-refractivity contribution in [1.29, 1.82) is 0 Å². The Hall–Kier alpha value is -2.88. The third-order valence-corrected chi connectivity index (χ3v) is 9.18. The predicted molar refractivity (Wildman–Crippen MR) is 127 cm³/mol. The molecule has 0 saturated heterocycles. The smallest absolute Gasteiger partial charge is 0.271 e. The quantitative estimate of drug-likeness (QED) is 0.561. The van der Waals surface area contributed by atoms with Crippen LogP contribution in [0.2, 0.25) is 0 Å². The molecule has 4 bridgehead atoms. The number of amides is 2. The van der Waals surface area contributed by atoms with Gasteiger partial charge in [0.2, 0.25) is 0 Å². The van der Waals surface area contributed by atoms with Crippen molar-refractivity contribution in [2.24, 2.45) is 30.2 Å². The van der Waals surface area contributed by atoms with Gasteiger partial charge in [-0.3, -0.25) is 14.3 Å². The second kappa shape index (κ2) is 8.11. The predicted octanol–water partition coefficient (Wildman–Crippen LogP) is 3.26. The number of thiazole rings is 1. The normalized spacial score (nSPS) is 28.2. The molecule has 1 atom stereocenters. The highest BCUT2D eigenvalue weighted by atomic mass is 32.1. The zero-order valence-electron chi connectivity index (χ0n) is 19.5. The molecule has 4 fully saturated rings. The molecule has 0 aromatic carbocycles. The number of aromatic nitrogens is 5. The summed E-state index contributed by atoms with van der Waals surface area (Å²) in [4.78, 5) is 39.1. The Balaban J connectivity index is 1.09. The van der Waals surface area contributed by atoms with Gasteiger partial charge in [0.25, 0.3) is 11.8 Å². The highest BCUT2D eigenvalue weighted by Gasteiger charge is 2.50. The van der Waals surface area contributed by atoms with Crippen LogP contribution < -0.4 is 10.6 Å². The second-order valence-corrected chi connectivity index (χ2v) is 11.6. The highest BCUT2D eigenvalue weighted by molar-refractivity contribution is 7.13. The van der Waals surface area contributed by atoms with E-state index >= 15 is 0 Å². The molecular formula is C24H29N7O2S. The summed E-state index contributed by atoms with van der Waals surface area (Å²) in [6, 6.07) is -0.358. The largest absolute Gasteiger partial charge is 0.351 e. The Morgan fingerprint density at radius 1 is 1.09 bits per heavy atom. The molecule has 4 aliphatic rings. The van der Waals surface area contributed by atoms with Crippen molar-refractivity contribution in [3.05, 3.63) is 34.3 Å². The molecule has 0 aliphatic heterocycles. The minimum absolute atomic E-state index is 0.0640. The average Bonchev–Trinajstić information content (AvgIpc) is 3.44. The molecule has 3 aromatic heterocycles. The van der Waals surface area contributed by atoms with Crippen LogP contribution in [0.3, 0.4) is 0 Å². The van der Waals surface area contributed by atoms with Crippen LogP contribution in [0.5, 0.6) is 0 Å². The minimum Gasteiger partial charge on any atom is -0.351 e. The maximum Gasteiger partial charge on any atom is 0.271 e. The minimum atomic E-state index is -0.358. The van der Waals surface area contributed by atoms with Crippen molar-refractivity contribution >= 4 is 34.2 Å². The first kappa shape index (κ1) is 21.6. The third-order valence-electron chi connectivity index (χ3n) is 8.00. The van der Waals surface area contributed by atoms with Gasteiger partial charge >= 0.3 is 0 Å². The van der Waals surface area contributed by atoms with Gasteiger partial charge in [0.1, 0.15) is 21.9 Å². The standard InChI is InChI=1S/C24H29N7O2S/c1-13(30-22(33)19-17-9-29-31(2)20(17)28-12-27-19)23-25-10-18(34-23)21(32)26-11-24-6-14-3-15(7-24)5-16(4-14)8-24/h9-10,12-16H,3-8,11H2,1-2H3,(H,26,32)(H,30,33). The van der Waals surface area contributed by atoms with Crippen LogP contribution in [0.15, 0.2) is 18.7 Å². The van der Waals surface area contributed by atoms with Crippen molar-refractivity contribution in [1.82, 2.24) is 35.4 Å². The Bertz CT molecular complexity index is 1230. The number of fused-ring (bicyclic) bond motifs is 1. The average molecular weight is 480 g/mol. The molecule has 7 rings (SSSR count). The van der Waals surface area contributed by atoms with Crippen molar-refractivity contribution in [2.45, 2.75) is 51.5 Å². The van der Waals surface area contributed by atoms with Gasteiger partial charge in [0.05, 0.1) is 23.8 Å². The SMILES string of the molecule is CC(NC(=O)c1ncnc2c1cnn2C)c1ncc(C(=O)NCC23CC4CC(CC(C4)C2)C3)s1. The van der Waals surface area contributed by atoms with E-state index in [1.807, 2.05) is 6.92 Å². The van der Waals surface area contributed by atoms with E-state index in [0.29, 0.717) is 26.3 Å². The zero-order chi connectivity index (χ0) is 23.4. The molecule has 2 N–H and O–H groups in total. The molecule has 34 heavy (non-hydrogen) atoms. The van der Waals surface area contributed by atoms with Crippen LogP contribution >= 0.6 is 11.3 Å². The van der Waals surface area contributed by atoms with E-state index in [1.165, 1.54) is 56.2 Å². The first-order valence-corrected chi connectivity index (χ1v) is 12.9. The molecule has 10 heteroatoms. The van der Waals surface area contributed by atoms with Crippen LogP contribution in [0, 0.1) is 23.2 Å². The lowest BCUT2D eigenvalue weighted by Gasteiger charge is -2.56. The Morgan fingerprint density at radius 3 is 2.50 bits per heavy atom. The Kier molecular flexibility index (Phi) is 5.16. The van der Waals surface area contributed by atoms with Gasteiger partial charge in [-0.2, -0.15) is 5.10 Å². The summed E-state index contributed by atoms with van der Waals surface area (Å²) in [6.07, 6.45) is 12.6. The van der Waals surface area contributed by atoms with Gasteiger partial charge in [0, 0.05) is 13.6 Å². The monoisotopic (exact) mass is 479 g/mol. The van der Waals surface area contributed by atoms with Crippen molar-refractivity contribution in [3.8, 4) is 0 Å². The fourth-order valence-corrected chi connectivity index (χ4v) is 7.76. The first-order chi connectivity index (χ1) is 16.4. The summed E-state index contributed by atoms with van der Waals surface area (Å²) in [7, 11) is 1.77. The Labute approximate surface area is 201 Å². The van der Waals surface area contributed by atoms with E-state index in [4.69, 9.17) is 0 Å². The molecule has 0 radical (unpaired) electrons. The third kappa shape index (κ3) is 3.77. The fourth-order valence-electron chi connectivity index (χ4n) is 6.92. The molecule has 9 nitrogen and oxygen atoms in total. The lowest BCUT2D eigenvalue weighted by Crippen LogP contribution is -2.51. The highest BCUT2D eigenvalue weighted by Crippen LogP contribution is 2.59. The number of carbonyl (C=O) groups excluding carboxylic acids is 2. The number of aryl methyl sites for hydroxylation is 1. The van der Waals surface area contributed by atoms with E-state index in [0.717, 1.165) is 24.3 Å². The van der Waals surface area contributed by atoms with Crippen LogP contribution in [0.1, 0.15) is 76.7 Å². The van der Waals surface area contributed by atoms with Crippen molar-refractivity contribution in [3.63, 3.8) is 0 Å². The lowest BCUT2D eigenvalue weighted by molar-refractivity contribution is -0.0503. The van der Waals surface area contributed by atoms with Crippen LogP contribution in [0.4, 0.5) is 0 Å². The molecule has 4 saturated carbocycles. The maximum absolute atomic E-state index is 12.9. The second-order valence-electron chi connectivity index (χ2n) is 10.6. The molecule has 2 amide bonds. The summed E-state index contributed by atoms with van der Waals surface area (Å²) in [5.41, 5.74) is 1.17. The van der Waals surface area contributed by atoms with E-state index in [9.17, 15) is 9.59 Å². The van der Waals surface area contributed by atoms with Gasteiger partial charge < -0.3 is 10.6 Å². The molecule has 0 spiro atoms. The topological polar surface area (TPSA) is 115 Å². The van der Waals surface area contributed by atoms with E-state index < -0.39 is 0 Å². The van der Waals surface area contributed by atoms with Gasteiger partial charge in [0.15, 0.2) is 5.65 Å². The van der Waals surface area contributed by atoms with E-state index in [1.54, 1.807) is 24.1 Å². The zero-order valence-corrected chi connectivity index (χ0v) is 20.3. The van der Waals surface area contributed by atoms with Gasteiger partial charge in [-0.25, -0.2) is 15.0 Å². The van der Waals surface area contributed by atoms with Gasteiger partial charge in [-0.05, 0) is 68.6 Å². The molecule has 4 aliphatic carbocycles. The molecule has 3 heterocycles. The number of nitrogens with one attached hydrogen (secondary N) is 2. The summed E-state index contributed by atoms with van der Waals surface area (Å²) >= 11 is 1.32. The van der Waals surface area contributed by atoms with E-state index in [2.05, 4.69) is 30.7 Å². The number of hydrogen-bond donors (Lipinski definition) is 2. The van der Waals surface area contributed by atoms with E-state index in [-0.39, 0.29) is 23.6 Å². The van der Waals surface area contributed by atoms with Crippen LogP contribution in [-0.4, -0.2) is 43.1 Å². The van der Waals surface area contributed by atoms with Crippen molar-refractivity contribution < 1.29 is 9.59 Å². The summed E-state index contributed by atoms with van der Waals surface area (Å²) in [5.74, 6) is 2.21. The van der Waals surface area contributed by atoms with Gasteiger partial charge in [-0.15, -0.1) is 11.3 Å². The summed E-state index contributed by atoms with van der Waals surface area (Å²) < 4.78 is 1.60. The number of rotatable bonds is 6. The van der Waals surface area contributed by atoms with Crippen LogP contribution in [0.25, 0.3) is 11.0 Å². The number of nitrogens with zero attached hydrogens (tertiary/aromatic N) is 5. The molecule has 178 valence electrons. The number of hydrogen-bond acceptors (Lipinski definition) is 7. The molecule has 3 aromatic rings. The molecule has 1 unspecified atom stereocenters. The first-order valence-electron chi connectivity index (χ1n) is 12.1. The van der Waals surface area contributed by atoms with Crippen LogP contribution in [-0.2, 0) is 7.05 Å². The molecular weight excluding hydrogens is 450 g/mol. The lowest BCUT2D eigenvalue weighted by atomic mass is 9.49. The summed E-state index contributed by atoms with van der Waals surface area (Å²) in [6.45, 7) is 2.62. The maximum atomic E-state index is 12.9. The fraction of sp³-hybridized carbons (Fsp3) is 0.583. The number of carbonyl (C=O) groups is 2. The van der Waals surface area contributed by atoms with Crippen molar-refractivity contribution in [2.75, 3.05) is 6.54 Å². The van der Waals surface area contributed by atoms with Gasteiger partial charge in [-0.1, -0.05) is 0 Å². The Morgan fingerprint density at radius 2 is 1.79 bits per heavy atom.